The van der Waals surface area contributed by atoms with Crippen LogP contribution in [-0.4, -0.2) is 19.0 Å². The maximum Gasteiger partial charge on any atom is 0.174 e. The summed E-state index contributed by atoms with van der Waals surface area (Å²) in [7, 11) is 0. The molecule has 2 fully saturated rings. The van der Waals surface area contributed by atoms with Gasteiger partial charge < -0.3 is 9.47 Å². The van der Waals surface area contributed by atoms with Crippen molar-refractivity contribution in [3.63, 3.8) is 0 Å². The summed E-state index contributed by atoms with van der Waals surface area (Å²) in [5.41, 5.74) is 0.315. The van der Waals surface area contributed by atoms with Crippen molar-refractivity contribution in [3.05, 3.63) is 6.92 Å². The number of hydrogen-bond acceptors (Lipinski definition) is 2. The highest BCUT2D eigenvalue weighted by molar-refractivity contribution is 5.05. The molecule has 105 valence electrons. The highest BCUT2D eigenvalue weighted by Gasteiger charge is 2.61. The zero-order valence-electron chi connectivity index (χ0n) is 12.0. The third-order valence-corrected chi connectivity index (χ3v) is 4.68. The van der Waals surface area contributed by atoms with Gasteiger partial charge in [-0.3, -0.25) is 0 Å². The second-order valence-electron chi connectivity index (χ2n) is 6.00. The van der Waals surface area contributed by atoms with Crippen LogP contribution in [0.25, 0.3) is 0 Å². The fraction of sp³-hybridized carbons (Fsp3) is 0.938. The first-order valence-corrected chi connectivity index (χ1v) is 7.86. The van der Waals surface area contributed by atoms with Crippen molar-refractivity contribution in [1.82, 2.24) is 0 Å². The molecule has 2 aliphatic rings. The Hall–Kier alpha value is -0.0800. The fourth-order valence-corrected chi connectivity index (χ4v) is 3.44. The first kappa shape index (κ1) is 14.3. The predicted octanol–water partition coefficient (Wildman–Crippen LogP) is 4.48. The molecule has 0 atom stereocenters. The predicted molar refractivity (Wildman–Crippen MR) is 74.3 cm³/mol. The number of rotatable bonds is 9. The Kier molecular flexibility index (Phi) is 5.08. The molecule has 0 unspecified atom stereocenters. The van der Waals surface area contributed by atoms with Crippen LogP contribution in [0.3, 0.4) is 0 Å². The summed E-state index contributed by atoms with van der Waals surface area (Å²) in [6.07, 6.45) is 12.4. The van der Waals surface area contributed by atoms with E-state index in [0.29, 0.717) is 5.41 Å². The van der Waals surface area contributed by atoms with Gasteiger partial charge in [0.05, 0.1) is 13.2 Å². The molecule has 0 spiro atoms. The number of unbranched alkanes of at least 4 members (excludes halogenated alkanes) is 4. The van der Waals surface area contributed by atoms with Gasteiger partial charge in [-0.15, -0.1) is 0 Å². The van der Waals surface area contributed by atoms with Crippen molar-refractivity contribution in [3.8, 4) is 0 Å². The molecule has 1 radical (unpaired) electrons. The quantitative estimate of drug-likeness (QED) is 0.564. The van der Waals surface area contributed by atoms with E-state index in [1.165, 1.54) is 51.4 Å². The zero-order valence-corrected chi connectivity index (χ0v) is 12.0. The molecule has 2 heteroatoms. The molecule has 0 bridgehead atoms. The smallest absolute Gasteiger partial charge is 0.174 e. The van der Waals surface area contributed by atoms with Crippen LogP contribution >= 0.6 is 0 Å². The van der Waals surface area contributed by atoms with Crippen LogP contribution in [0.5, 0.6) is 0 Å². The molecule has 1 saturated carbocycles. The lowest BCUT2D eigenvalue weighted by molar-refractivity contribution is -0.213. The topological polar surface area (TPSA) is 18.5 Å². The summed E-state index contributed by atoms with van der Waals surface area (Å²) in [5, 5.41) is 0. The van der Waals surface area contributed by atoms with Crippen LogP contribution in [-0.2, 0) is 9.47 Å². The average molecular weight is 253 g/mol. The molecule has 1 saturated heterocycles. The van der Waals surface area contributed by atoms with Crippen LogP contribution in [0.1, 0.15) is 71.1 Å². The van der Waals surface area contributed by atoms with Gasteiger partial charge in [-0.05, 0) is 25.7 Å². The first-order valence-electron chi connectivity index (χ1n) is 7.86. The molecular formula is C16H29O2. The highest BCUT2D eigenvalue weighted by Crippen LogP contribution is 2.61. The van der Waals surface area contributed by atoms with E-state index in [2.05, 4.69) is 13.8 Å². The zero-order chi connectivity index (χ0) is 12.9. The second-order valence-corrected chi connectivity index (χ2v) is 6.00. The molecule has 0 amide bonds. The maximum absolute atomic E-state index is 6.08. The van der Waals surface area contributed by atoms with Gasteiger partial charge in [0, 0.05) is 11.8 Å². The van der Waals surface area contributed by atoms with E-state index >= 15 is 0 Å². The van der Waals surface area contributed by atoms with Crippen molar-refractivity contribution < 1.29 is 9.47 Å². The minimum Gasteiger partial charge on any atom is -0.347 e. The van der Waals surface area contributed by atoms with E-state index in [9.17, 15) is 0 Å². The molecule has 1 aliphatic carbocycles. The molecule has 0 N–H and O–H groups in total. The van der Waals surface area contributed by atoms with E-state index in [-0.39, 0.29) is 5.79 Å². The van der Waals surface area contributed by atoms with Gasteiger partial charge in [-0.25, -0.2) is 0 Å². The van der Waals surface area contributed by atoms with Crippen LogP contribution in [0.2, 0.25) is 0 Å². The maximum atomic E-state index is 6.08. The molecule has 1 heterocycles. The monoisotopic (exact) mass is 253 g/mol. The lowest BCUT2D eigenvalue weighted by Crippen LogP contribution is -2.41. The summed E-state index contributed by atoms with van der Waals surface area (Å²) in [5.74, 6) is -0.239. The van der Waals surface area contributed by atoms with Crippen LogP contribution in [0, 0.1) is 12.3 Å². The standard InChI is InChI=1S/C16H29O2/c1-3-5-6-7-8-10-16(17-13-14-18-16)15(9-4-2)11-12-15/h2-14H2,1H3. The molecule has 0 aromatic heterocycles. The Morgan fingerprint density at radius 2 is 1.61 bits per heavy atom. The molecule has 2 nitrogen and oxygen atoms in total. The minimum atomic E-state index is -0.239. The lowest BCUT2D eigenvalue weighted by Gasteiger charge is -2.36. The van der Waals surface area contributed by atoms with Gasteiger partial charge in [-0.2, -0.15) is 0 Å². The summed E-state index contributed by atoms with van der Waals surface area (Å²) in [6.45, 7) is 7.86. The van der Waals surface area contributed by atoms with Gasteiger partial charge >= 0.3 is 0 Å². The van der Waals surface area contributed by atoms with Crippen LogP contribution < -0.4 is 0 Å². The lowest BCUT2D eigenvalue weighted by atomic mass is 9.86. The van der Waals surface area contributed by atoms with E-state index in [1.54, 1.807) is 0 Å². The largest absolute Gasteiger partial charge is 0.347 e. The molecular weight excluding hydrogens is 224 g/mol. The summed E-state index contributed by atoms with van der Waals surface area (Å²) in [4.78, 5) is 0. The summed E-state index contributed by atoms with van der Waals surface area (Å²) in [6, 6.07) is 0. The average Bonchev–Trinajstić information content (AvgIpc) is 3.01. The molecule has 1 aliphatic heterocycles. The fourth-order valence-electron chi connectivity index (χ4n) is 3.44. The van der Waals surface area contributed by atoms with E-state index in [1.807, 2.05) is 0 Å². The molecule has 18 heavy (non-hydrogen) atoms. The van der Waals surface area contributed by atoms with E-state index in [4.69, 9.17) is 9.47 Å². The van der Waals surface area contributed by atoms with Gasteiger partial charge in [0.25, 0.3) is 0 Å². The number of ether oxygens (including phenoxy) is 2. The Bertz CT molecular complexity index is 239. The van der Waals surface area contributed by atoms with E-state index in [0.717, 1.165) is 26.1 Å². The number of hydrogen-bond donors (Lipinski definition) is 0. The summed E-state index contributed by atoms with van der Waals surface area (Å²) >= 11 is 0. The molecule has 0 aromatic rings. The SMILES string of the molecule is [CH2]CCC1(C2(CCCCCCC)OCCO2)CC1. The van der Waals surface area contributed by atoms with Crippen molar-refractivity contribution in [2.75, 3.05) is 13.2 Å². The highest BCUT2D eigenvalue weighted by atomic mass is 16.7. The first-order chi connectivity index (χ1) is 8.79. The second kappa shape index (κ2) is 6.38. The van der Waals surface area contributed by atoms with Gasteiger partial charge in [0.2, 0.25) is 0 Å². The van der Waals surface area contributed by atoms with Crippen molar-refractivity contribution in [2.24, 2.45) is 5.41 Å². The molecule has 0 aromatic carbocycles. The van der Waals surface area contributed by atoms with Crippen molar-refractivity contribution in [2.45, 2.75) is 76.9 Å². The minimum absolute atomic E-state index is 0.239. The third kappa shape index (κ3) is 2.91. The van der Waals surface area contributed by atoms with Gasteiger partial charge in [0.1, 0.15) is 0 Å². The Morgan fingerprint density at radius 1 is 0.944 bits per heavy atom. The Balaban J connectivity index is 1.83. The van der Waals surface area contributed by atoms with E-state index < -0.39 is 0 Å². The normalized spacial score (nSPS) is 24.3. The Labute approximate surface area is 112 Å². The third-order valence-electron chi connectivity index (χ3n) is 4.68. The van der Waals surface area contributed by atoms with Crippen molar-refractivity contribution in [1.29, 1.82) is 0 Å². The summed E-state index contributed by atoms with van der Waals surface area (Å²) < 4.78 is 12.2. The van der Waals surface area contributed by atoms with Crippen LogP contribution in [0.4, 0.5) is 0 Å². The Morgan fingerprint density at radius 3 is 2.17 bits per heavy atom. The van der Waals surface area contributed by atoms with Crippen LogP contribution in [0.15, 0.2) is 0 Å². The van der Waals surface area contributed by atoms with Crippen molar-refractivity contribution >= 4 is 0 Å². The molecule has 2 rings (SSSR count). The van der Waals surface area contributed by atoms with Gasteiger partial charge in [0.15, 0.2) is 5.79 Å². The van der Waals surface area contributed by atoms with Gasteiger partial charge in [-0.1, -0.05) is 46.0 Å².